The third kappa shape index (κ3) is 2.45. The van der Waals surface area contributed by atoms with E-state index in [-0.39, 0.29) is 11.4 Å². The summed E-state index contributed by atoms with van der Waals surface area (Å²) in [4.78, 5) is 10.4. The molecule has 17 heavy (non-hydrogen) atoms. The SMILES string of the molecule is COc1cc(C(C)C#N)c([N+](=O)[O-])cc1OC. The summed E-state index contributed by atoms with van der Waals surface area (Å²) in [6, 6.07) is 4.69. The topological polar surface area (TPSA) is 85.4 Å². The van der Waals surface area contributed by atoms with Crippen molar-refractivity contribution in [3.05, 3.63) is 27.8 Å². The minimum absolute atomic E-state index is 0.142. The number of hydrogen-bond acceptors (Lipinski definition) is 5. The van der Waals surface area contributed by atoms with Crippen LogP contribution in [0.4, 0.5) is 5.69 Å². The van der Waals surface area contributed by atoms with Crippen molar-refractivity contribution in [1.29, 1.82) is 5.26 Å². The van der Waals surface area contributed by atoms with Gasteiger partial charge in [0.15, 0.2) is 11.5 Å². The molecule has 0 heterocycles. The van der Waals surface area contributed by atoms with E-state index in [0.29, 0.717) is 11.3 Å². The number of nitrogens with zero attached hydrogens (tertiary/aromatic N) is 2. The molecule has 0 saturated heterocycles. The van der Waals surface area contributed by atoms with Crippen LogP contribution in [0, 0.1) is 21.4 Å². The highest BCUT2D eigenvalue weighted by Gasteiger charge is 2.23. The van der Waals surface area contributed by atoms with Crippen molar-refractivity contribution in [3.8, 4) is 17.6 Å². The maximum atomic E-state index is 10.9. The molecular weight excluding hydrogens is 224 g/mol. The molecule has 0 saturated carbocycles. The fourth-order valence-electron chi connectivity index (χ4n) is 1.46. The van der Waals surface area contributed by atoms with Gasteiger partial charge in [0.25, 0.3) is 5.69 Å². The Labute approximate surface area is 98.5 Å². The van der Waals surface area contributed by atoms with Gasteiger partial charge in [0.2, 0.25) is 0 Å². The second kappa shape index (κ2) is 5.16. The van der Waals surface area contributed by atoms with Crippen molar-refractivity contribution in [1.82, 2.24) is 0 Å². The fourth-order valence-corrected chi connectivity index (χ4v) is 1.46. The normalized spacial score (nSPS) is 11.4. The molecule has 1 aromatic rings. The van der Waals surface area contributed by atoms with Gasteiger partial charge in [0, 0.05) is 0 Å². The molecule has 0 aliphatic carbocycles. The monoisotopic (exact) mass is 236 g/mol. The van der Waals surface area contributed by atoms with Crippen LogP contribution in [-0.2, 0) is 0 Å². The molecule has 0 aliphatic rings. The lowest BCUT2D eigenvalue weighted by molar-refractivity contribution is -0.385. The summed E-state index contributed by atoms with van der Waals surface area (Å²) in [5.41, 5.74) is 0.173. The Morgan fingerprint density at radius 1 is 1.35 bits per heavy atom. The maximum Gasteiger partial charge on any atom is 0.277 e. The number of nitriles is 1. The number of nitro groups is 1. The Kier molecular flexibility index (Phi) is 3.88. The van der Waals surface area contributed by atoms with E-state index in [2.05, 4.69) is 0 Å². The minimum atomic E-state index is -0.588. The minimum Gasteiger partial charge on any atom is -0.493 e. The first-order valence-corrected chi connectivity index (χ1v) is 4.85. The number of benzene rings is 1. The predicted octanol–water partition coefficient (Wildman–Crippen LogP) is 2.24. The molecule has 1 aromatic carbocycles. The summed E-state index contributed by atoms with van der Waals surface area (Å²) in [5, 5.41) is 19.7. The van der Waals surface area contributed by atoms with E-state index in [0.717, 1.165) is 0 Å². The van der Waals surface area contributed by atoms with Gasteiger partial charge in [0.05, 0.1) is 42.8 Å². The van der Waals surface area contributed by atoms with Gasteiger partial charge >= 0.3 is 0 Å². The summed E-state index contributed by atoms with van der Waals surface area (Å²) >= 11 is 0. The Morgan fingerprint density at radius 3 is 2.29 bits per heavy atom. The summed E-state index contributed by atoms with van der Waals surface area (Å²) in [6.45, 7) is 1.59. The molecule has 0 fully saturated rings. The van der Waals surface area contributed by atoms with E-state index in [1.165, 1.54) is 26.4 Å². The van der Waals surface area contributed by atoms with E-state index in [1.54, 1.807) is 6.92 Å². The number of hydrogen-bond donors (Lipinski definition) is 0. The van der Waals surface area contributed by atoms with Crippen LogP contribution in [0.25, 0.3) is 0 Å². The van der Waals surface area contributed by atoms with Gasteiger partial charge in [-0.1, -0.05) is 0 Å². The Hall–Kier alpha value is -2.29. The zero-order valence-corrected chi connectivity index (χ0v) is 9.76. The first kappa shape index (κ1) is 12.8. The lowest BCUT2D eigenvalue weighted by atomic mass is 10.00. The van der Waals surface area contributed by atoms with Gasteiger partial charge in [-0.15, -0.1) is 0 Å². The number of methoxy groups -OCH3 is 2. The molecule has 1 rings (SSSR count). The first-order chi connectivity index (χ1) is 8.04. The van der Waals surface area contributed by atoms with Gasteiger partial charge in [0.1, 0.15) is 0 Å². The molecule has 0 N–H and O–H groups in total. The van der Waals surface area contributed by atoms with E-state index >= 15 is 0 Å². The van der Waals surface area contributed by atoms with Gasteiger partial charge in [-0.2, -0.15) is 5.26 Å². The van der Waals surface area contributed by atoms with Crippen molar-refractivity contribution < 1.29 is 14.4 Å². The number of ether oxygens (including phenoxy) is 2. The van der Waals surface area contributed by atoms with Gasteiger partial charge in [-0.3, -0.25) is 10.1 Å². The van der Waals surface area contributed by atoms with Crippen molar-refractivity contribution in [3.63, 3.8) is 0 Å². The van der Waals surface area contributed by atoms with Gasteiger partial charge in [-0.05, 0) is 13.0 Å². The van der Waals surface area contributed by atoms with Crippen molar-refractivity contribution in [2.45, 2.75) is 12.8 Å². The summed E-state index contributed by atoms with van der Waals surface area (Å²) in [7, 11) is 2.83. The van der Waals surface area contributed by atoms with Crippen molar-refractivity contribution in [2.24, 2.45) is 0 Å². The molecular formula is C11H12N2O4. The molecule has 0 aliphatic heterocycles. The molecule has 6 nitrogen and oxygen atoms in total. The van der Waals surface area contributed by atoms with Crippen LogP contribution >= 0.6 is 0 Å². The fraction of sp³-hybridized carbons (Fsp3) is 0.364. The van der Waals surface area contributed by atoms with Crippen molar-refractivity contribution >= 4 is 5.69 Å². The van der Waals surface area contributed by atoms with E-state index in [4.69, 9.17) is 14.7 Å². The molecule has 0 aromatic heterocycles. The highest BCUT2D eigenvalue weighted by atomic mass is 16.6. The second-order valence-corrected chi connectivity index (χ2v) is 3.37. The first-order valence-electron chi connectivity index (χ1n) is 4.85. The predicted molar refractivity (Wildman–Crippen MR) is 60.2 cm³/mol. The molecule has 0 spiro atoms. The van der Waals surface area contributed by atoms with Crippen LogP contribution in [0.5, 0.6) is 11.5 Å². The van der Waals surface area contributed by atoms with Crippen LogP contribution in [0.3, 0.4) is 0 Å². The van der Waals surface area contributed by atoms with E-state index < -0.39 is 10.8 Å². The largest absolute Gasteiger partial charge is 0.493 e. The van der Waals surface area contributed by atoms with Gasteiger partial charge < -0.3 is 9.47 Å². The Balaban J connectivity index is 3.46. The maximum absolute atomic E-state index is 10.9. The molecule has 90 valence electrons. The Bertz CT molecular complexity index is 479. The Morgan fingerprint density at radius 2 is 1.88 bits per heavy atom. The van der Waals surface area contributed by atoms with Crippen LogP contribution < -0.4 is 9.47 Å². The zero-order valence-electron chi connectivity index (χ0n) is 9.76. The van der Waals surface area contributed by atoms with Crippen LogP contribution in [0.1, 0.15) is 18.4 Å². The third-order valence-electron chi connectivity index (χ3n) is 2.39. The smallest absolute Gasteiger partial charge is 0.277 e. The highest BCUT2D eigenvalue weighted by Crippen LogP contribution is 2.37. The molecule has 0 bridgehead atoms. The van der Waals surface area contributed by atoms with E-state index in [1.807, 2.05) is 6.07 Å². The second-order valence-electron chi connectivity index (χ2n) is 3.37. The summed E-state index contributed by atoms with van der Waals surface area (Å²) in [6.07, 6.45) is 0. The lowest BCUT2D eigenvalue weighted by Gasteiger charge is -2.11. The zero-order chi connectivity index (χ0) is 13.0. The highest BCUT2D eigenvalue weighted by molar-refractivity contribution is 5.56. The summed E-state index contributed by atoms with van der Waals surface area (Å²) < 4.78 is 10.0. The lowest BCUT2D eigenvalue weighted by Crippen LogP contribution is -2.01. The molecule has 6 heteroatoms. The van der Waals surface area contributed by atoms with Crippen molar-refractivity contribution in [2.75, 3.05) is 14.2 Å². The van der Waals surface area contributed by atoms with Crippen LogP contribution in [0.2, 0.25) is 0 Å². The number of rotatable bonds is 4. The van der Waals surface area contributed by atoms with Gasteiger partial charge in [-0.25, -0.2) is 0 Å². The average molecular weight is 236 g/mol. The molecule has 1 atom stereocenters. The average Bonchev–Trinajstić information content (AvgIpc) is 2.35. The molecule has 0 radical (unpaired) electrons. The molecule has 0 amide bonds. The third-order valence-corrected chi connectivity index (χ3v) is 2.39. The quantitative estimate of drug-likeness (QED) is 0.591. The van der Waals surface area contributed by atoms with Crippen LogP contribution in [0.15, 0.2) is 12.1 Å². The van der Waals surface area contributed by atoms with E-state index in [9.17, 15) is 10.1 Å². The van der Waals surface area contributed by atoms with Crippen LogP contribution in [-0.4, -0.2) is 19.1 Å². The standard InChI is InChI=1S/C11H12N2O4/c1-7(6-12)8-4-10(16-2)11(17-3)5-9(8)13(14)15/h4-5,7H,1-3H3. The summed E-state index contributed by atoms with van der Waals surface area (Å²) in [5.74, 6) is 0.0542. The number of nitro benzene ring substituents is 1. The molecule has 1 unspecified atom stereocenters.